The topological polar surface area (TPSA) is 29.5 Å². The van der Waals surface area contributed by atoms with Gasteiger partial charge >= 0.3 is 0 Å². The lowest BCUT2D eigenvalue weighted by molar-refractivity contribution is -0.126. The van der Waals surface area contributed by atoms with Crippen LogP contribution < -0.4 is 0 Å². The molecule has 0 saturated carbocycles. The molecule has 11 heavy (non-hydrogen) atoms. The van der Waals surface area contributed by atoms with E-state index >= 15 is 0 Å². The van der Waals surface area contributed by atoms with Crippen molar-refractivity contribution in [2.45, 2.75) is 45.0 Å². The van der Waals surface area contributed by atoms with Gasteiger partial charge in [0.2, 0.25) is 0 Å². The second-order valence-electron chi connectivity index (χ2n) is 4.00. The van der Waals surface area contributed by atoms with Gasteiger partial charge in [-0.25, -0.2) is 0 Å². The number of hydrogen-bond acceptors (Lipinski definition) is 2. The first-order valence-corrected chi connectivity index (χ1v) is 4.53. The van der Waals surface area contributed by atoms with Crippen molar-refractivity contribution in [1.82, 2.24) is 0 Å². The summed E-state index contributed by atoms with van der Waals surface area (Å²) >= 11 is 0. The summed E-state index contributed by atoms with van der Waals surface area (Å²) in [6, 6.07) is 0. The second-order valence-corrected chi connectivity index (χ2v) is 4.00. The Balaban J connectivity index is 2.16. The van der Waals surface area contributed by atoms with E-state index in [1.807, 2.05) is 0 Å². The van der Waals surface area contributed by atoms with Crippen LogP contribution in [0.15, 0.2) is 0 Å². The van der Waals surface area contributed by atoms with Crippen LogP contribution >= 0.6 is 0 Å². The molecule has 2 aliphatic heterocycles. The largest absolute Gasteiger partial charge is 0.392 e. The fourth-order valence-electron chi connectivity index (χ4n) is 2.38. The zero-order valence-electron chi connectivity index (χ0n) is 7.16. The first-order valence-electron chi connectivity index (χ1n) is 4.53. The third-order valence-electron chi connectivity index (χ3n) is 3.34. The van der Waals surface area contributed by atoms with Crippen molar-refractivity contribution in [1.29, 1.82) is 0 Å². The highest BCUT2D eigenvalue weighted by Crippen LogP contribution is 2.39. The molecule has 4 atom stereocenters. The Bertz CT molecular complexity index is 138. The lowest BCUT2D eigenvalue weighted by Gasteiger charge is -2.36. The van der Waals surface area contributed by atoms with E-state index in [0.717, 1.165) is 12.8 Å². The van der Waals surface area contributed by atoms with E-state index in [1.165, 1.54) is 0 Å². The second kappa shape index (κ2) is 2.46. The molecule has 1 N–H and O–H groups in total. The van der Waals surface area contributed by atoms with Gasteiger partial charge in [0.05, 0.1) is 18.3 Å². The quantitative estimate of drug-likeness (QED) is 0.570. The average molecular weight is 156 g/mol. The van der Waals surface area contributed by atoms with Gasteiger partial charge < -0.3 is 9.84 Å². The Morgan fingerprint density at radius 3 is 2.00 bits per heavy atom. The number of aliphatic hydroxyl groups is 1. The maximum absolute atomic E-state index is 9.75. The molecule has 0 aromatic rings. The molecule has 0 radical (unpaired) electrons. The van der Waals surface area contributed by atoms with Crippen LogP contribution in [-0.4, -0.2) is 23.4 Å². The average Bonchev–Trinajstić information content (AvgIpc) is 2.44. The van der Waals surface area contributed by atoms with Crippen molar-refractivity contribution >= 4 is 0 Å². The molecule has 2 heteroatoms. The lowest BCUT2D eigenvalue weighted by Crippen LogP contribution is -2.43. The number of rotatable bonds is 0. The maximum Gasteiger partial charge on any atom is 0.0640 e. The SMILES string of the molecule is CC1C2CCC(O2)C(C)C1O. The Morgan fingerprint density at radius 1 is 1.09 bits per heavy atom. The van der Waals surface area contributed by atoms with E-state index in [-0.39, 0.29) is 6.10 Å². The fraction of sp³-hybridized carbons (Fsp3) is 1.00. The van der Waals surface area contributed by atoms with Crippen molar-refractivity contribution < 1.29 is 9.84 Å². The van der Waals surface area contributed by atoms with Crippen LogP contribution in [0.3, 0.4) is 0 Å². The van der Waals surface area contributed by atoms with Crippen LogP contribution in [0.2, 0.25) is 0 Å². The fourth-order valence-corrected chi connectivity index (χ4v) is 2.38. The molecular formula is C9H16O2. The van der Waals surface area contributed by atoms with Crippen molar-refractivity contribution in [3.63, 3.8) is 0 Å². The number of fused-ring (bicyclic) bond motifs is 2. The third-order valence-corrected chi connectivity index (χ3v) is 3.34. The highest BCUT2D eigenvalue weighted by atomic mass is 16.5. The standard InChI is InChI=1S/C9H16O2/c1-5-7-3-4-8(11-7)6(2)9(5)10/h5-10H,3-4H2,1-2H3. The van der Waals surface area contributed by atoms with Gasteiger partial charge in [-0.1, -0.05) is 13.8 Å². The van der Waals surface area contributed by atoms with Crippen LogP contribution in [0.1, 0.15) is 26.7 Å². The van der Waals surface area contributed by atoms with Crippen LogP contribution in [0.5, 0.6) is 0 Å². The molecule has 2 heterocycles. The van der Waals surface area contributed by atoms with Crippen molar-refractivity contribution in [2.75, 3.05) is 0 Å². The molecule has 2 saturated heterocycles. The van der Waals surface area contributed by atoms with Gasteiger partial charge in [-0.3, -0.25) is 0 Å². The van der Waals surface area contributed by atoms with Crippen LogP contribution in [0.4, 0.5) is 0 Å². The van der Waals surface area contributed by atoms with E-state index in [9.17, 15) is 5.11 Å². The minimum atomic E-state index is -0.138. The Labute approximate surface area is 67.6 Å². The molecule has 0 spiro atoms. The number of aliphatic hydroxyl groups excluding tert-OH is 1. The normalized spacial score (nSPS) is 56.5. The molecular weight excluding hydrogens is 140 g/mol. The van der Waals surface area contributed by atoms with E-state index in [4.69, 9.17) is 4.74 Å². The van der Waals surface area contributed by atoms with E-state index in [2.05, 4.69) is 13.8 Å². The van der Waals surface area contributed by atoms with E-state index < -0.39 is 0 Å². The van der Waals surface area contributed by atoms with Crippen LogP contribution in [0.25, 0.3) is 0 Å². The summed E-state index contributed by atoms with van der Waals surface area (Å²) in [7, 11) is 0. The molecule has 4 unspecified atom stereocenters. The minimum Gasteiger partial charge on any atom is -0.392 e. The van der Waals surface area contributed by atoms with Gasteiger partial charge in [0.25, 0.3) is 0 Å². The molecule has 2 nitrogen and oxygen atoms in total. The molecule has 0 aromatic carbocycles. The summed E-state index contributed by atoms with van der Waals surface area (Å²) in [5.74, 6) is 0.674. The first-order chi connectivity index (χ1) is 5.20. The van der Waals surface area contributed by atoms with Crippen LogP contribution in [-0.2, 0) is 4.74 Å². The molecule has 2 aliphatic rings. The summed E-state index contributed by atoms with van der Waals surface area (Å²) in [4.78, 5) is 0. The Morgan fingerprint density at radius 2 is 1.55 bits per heavy atom. The smallest absolute Gasteiger partial charge is 0.0640 e. The third kappa shape index (κ3) is 1.00. The predicted molar refractivity (Wildman–Crippen MR) is 42.2 cm³/mol. The Hall–Kier alpha value is -0.0800. The van der Waals surface area contributed by atoms with Crippen LogP contribution in [0, 0.1) is 11.8 Å². The van der Waals surface area contributed by atoms with E-state index in [0.29, 0.717) is 24.0 Å². The Kier molecular flexibility index (Phi) is 1.69. The summed E-state index contributed by atoms with van der Waals surface area (Å²) in [6.07, 6.45) is 2.83. The number of hydrogen-bond donors (Lipinski definition) is 1. The van der Waals surface area contributed by atoms with Crippen molar-refractivity contribution in [3.8, 4) is 0 Å². The van der Waals surface area contributed by atoms with Gasteiger partial charge in [-0.05, 0) is 12.8 Å². The molecule has 2 rings (SSSR count). The minimum absolute atomic E-state index is 0.138. The molecule has 2 fully saturated rings. The maximum atomic E-state index is 9.75. The van der Waals surface area contributed by atoms with Crippen molar-refractivity contribution in [3.05, 3.63) is 0 Å². The van der Waals surface area contributed by atoms with Crippen molar-refractivity contribution in [2.24, 2.45) is 11.8 Å². The summed E-state index contributed by atoms with van der Waals surface area (Å²) in [6.45, 7) is 4.18. The van der Waals surface area contributed by atoms with Gasteiger partial charge in [0, 0.05) is 11.8 Å². The van der Waals surface area contributed by atoms with Gasteiger partial charge in [0.15, 0.2) is 0 Å². The monoisotopic (exact) mass is 156 g/mol. The number of ether oxygens (including phenoxy) is 1. The summed E-state index contributed by atoms with van der Waals surface area (Å²) in [5, 5.41) is 9.75. The van der Waals surface area contributed by atoms with Gasteiger partial charge in [-0.15, -0.1) is 0 Å². The molecule has 64 valence electrons. The zero-order valence-corrected chi connectivity index (χ0v) is 7.16. The highest BCUT2D eigenvalue weighted by molar-refractivity contribution is 4.92. The highest BCUT2D eigenvalue weighted by Gasteiger charge is 2.44. The zero-order chi connectivity index (χ0) is 8.01. The van der Waals surface area contributed by atoms with E-state index in [1.54, 1.807) is 0 Å². The summed E-state index contributed by atoms with van der Waals surface area (Å²) < 4.78 is 5.73. The first kappa shape index (κ1) is 7.56. The molecule has 0 aromatic heterocycles. The van der Waals surface area contributed by atoms with Gasteiger partial charge in [-0.2, -0.15) is 0 Å². The lowest BCUT2D eigenvalue weighted by atomic mass is 9.87. The van der Waals surface area contributed by atoms with Gasteiger partial charge in [0.1, 0.15) is 0 Å². The molecule has 0 aliphatic carbocycles. The summed E-state index contributed by atoms with van der Waals surface area (Å²) in [5.41, 5.74) is 0. The molecule has 2 bridgehead atoms. The molecule has 0 amide bonds. The predicted octanol–water partition coefficient (Wildman–Crippen LogP) is 1.18.